The second kappa shape index (κ2) is 4.09. The van der Waals surface area contributed by atoms with Gasteiger partial charge in [0.05, 0.1) is 6.61 Å². The van der Waals surface area contributed by atoms with E-state index in [0.717, 1.165) is 6.08 Å². The first-order valence-electron chi connectivity index (χ1n) is 3.96. The molecule has 74 valence electrons. The number of hydrogen-bond donors (Lipinski definition) is 2. The number of halogens is 1. The standard InChI is InChI=1S/C8H11ClO4/c1-2-13-5-3-4(10)7(11)8(12)6(5)9/h3,6-8,11-12H,2H2,1H3. The molecule has 0 aromatic heterocycles. The van der Waals surface area contributed by atoms with Gasteiger partial charge in [0.2, 0.25) is 0 Å². The summed E-state index contributed by atoms with van der Waals surface area (Å²) < 4.78 is 5.02. The Morgan fingerprint density at radius 2 is 2.23 bits per heavy atom. The third kappa shape index (κ3) is 2.02. The minimum Gasteiger partial charge on any atom is -0.496 e. The number of carbonyl (C=O) groups is 1. The fraction of sp³-hybridized carbons (Fsp3) is 0.625. The van der Waals surface area contributed by atoms with Gasteiger partial charge in [0.15, 0.2) is 5.78 Å². The van der Waals surface area contributed by atoms with Crippen LogP contribution in [0, 0.1) is 0 Å². The zero-order valence-electron chi connectivity index (χ0n) is 7.11. The van der Waals surface area contributed by atoms with E-state index in [2.05, 4.69) is 0 Å². The van der Waals surface area contributed by atoms with Gasteiger partial charge in [0, 0.05) is 6.08 Å². The third-order valence-electron chi connectivity index (χ3n) is 1.78. The first-order valence-corrected chi connectivity index (χ1v) is 4.40. The Morgan fingerprint density at radius 1 is 1.62 bits per heavy atom. The van der Waals surface area contributed by atoms with E-state index in [9.17, 15) is 9.90 Å². The molecule has 0 spiro atoms. The minimum atomic E-state index is -1.44. The van der Waals surface area contributed by atoms with E-state index in [0.29, 0.717) is 6.61 Å². The number of rotatable bonds is 2. The normalized spacial score (nSPS) is 34.3. The number of aliphatic hydroxyl groups is 2. The van der Waals surface area contributed by atoms with Crippen molar-refractivity contribution in [2.24, 2.45) is 0 Å². The molecule has 0 fully saturated rings. The molecule has 0 saturated heterocycles. The highest BCUT2D eigenvalue weighted by molar-refractivity contribution is 6.23. The van der Waals surface area contributed by atoms with E-state index in [-0.39, 0.29) is 5.76 Å². The van der Waals surface area contributed by atoms with Crippen molar-refractivity contribution in [2.75, 3.05) is 6.61 Å². The molecule has 0 aromatic rings. The van der Waals surface area contributed by atoms with Crippen LogP contribution in [0.4, 0.5) is 0 Å². The third-order valence-corrected chi connectivity index (χ3v) is 2.26. The number of aliphatic hydroxyl groups excluding tert-OH is 2. The van der Waals surface area contributed by atoms with Gasteiger partial charge in [-0.05, 0) is 6.92 Å². The molecule has 1 aliphatic rings. The second-order valence-corrected chi connectivity index (χ2v) is 3.19. The van der Waals surface area contributed by atoms with Crippen molar-refractivity contribution in [1.29, 1.82) is 0 Å². The summed E-state index contributed by atoms with van der Waals surface area (Å²) in [6, 6.07) is 0. The molecule has 2 N–H and O–H groups in total. The van der Waals surface area contributed by atoms with Crippen molar-refractivity contribution in [3.63, 3.8) is 0 Å². The molecule has 3 atom stereocenters. The molecule has 4 nitrogen and oxygen atoms in total. The van der Waals surface area contributed by atoms with Gasteiger partial charge in [-0.25, -0.2) is 0 Å². The Hall–Kier alpha value is -0.580. The molecule has 3 unspecified atom stereocenters. The Kier molecular flexibility index (Phi) is 3.30. The van der Waals surface area contributed by atoms with Gasteiger partial charge in [-0.15, -0.1) is 11.6 Å². The first-order chi connectivity index (χ1) is 6.07. The second-order valence-electron chi connectivity index (χ2n) is 2.72. The van der Waals surface area contributed by atoms with E-state index in [1.165, 1.54) is 0 Å². The Labute approximate surface area is 80.8 Å². The van der Waals surface area contributed by atoms with Crippen LogP contribution in [0.2, 0.25) is 0 Å². The molecule has 0 heterocycles. The van der Waals surface area contributed by atoms with Crippen LogP contribution >= 0.6 is 11.6 Å². The van der Waals surface area contributed by atoms with Crippen molar-refractivity contribution in [1.82, 2.24) is 0 Å². The van der Waals surface area contributed by atoms with Gasteiger partial charge < -0.3 is 14.9 Å². The van der Waals surface area contributed by atoms with Crippen LogP contribution in [0.25, 0.3) is 0 Å². The highest BCUT2D eigenvalue weighted by atomic mass is 35.5. The fourth-order valence-corrected chi connectivity index (χ4v) is 1.35. The molecule has 1 aliphatic carbocycles. The van der Waals surface area contributed by atoms with Crippen LogP contribution in [-0.2, 0) is 9.53 Å². The summed E-state index contributed by atoms with van der Waals surface area (Å²) in [7, 11) is 0. The summed E-state index contributed by atoms with van der Waals surface area (Å²) >= 11 is 5.72. The first kappa shape index (κ1) is 10.5. The van der Waals surface area contributed by atoms with Gasteiger partial charge in [-0.2, -0.15) is 0 Å². The molecule has 0 amide bonds. The smallest absolute Gasteiger partial charge is 0.190 e. The molecule has 1 rings (SSSR count). The molecule has 0 radical (unpaired) electrons. The van der Waals surface area contributed by atoms with Crippen LogP contribution < -0.4 is 0 Å². The number of hydrogen-bond acceptors (Lipinski definition) is 4. The average molecular weight is 207 g/mol. The molecule has 0 saturated carbocycles. The maximum atomic E-state index is 11.0. The SMILES string of the molecule is CCOC1=CC(=O)C(O)C(O)C1Cl. The van der Waals surface area contributed by atoms with Gasteiger partial charge in [-0.1, -0.05) is 0 Å². The molecule has 13 heavy (non-hydrogen) atoms. The predicted molar refractivity (Wildman–Crippen MR) is 46.4 cm³/mol. The molecule has 0 bridgehead atoms. The summed E-state index contributed by atoms with van der Waals surface area (Å²) in [5.41, 5.74) is 0. The van der Waals surface area contributed by atoms with Crippen molar-refractivity contribution in [3.05, 3.63) is 11.8 Å². The lowest BCUT2D eigenvalue weighted by Crippen LogP contribution is -2.44. The highest BCUT2D eigenvalue weighted by Crippen LogP contribution is 2.23. The minimum absolute atomic E-state index is 0.215. The number of ether oxygens (including phenoxy) is 1. The average Bonchev–Trinajstić information content (AvgIpc) is 2.11. The van der Waals surface area contributed by atoms with E-state index in [1.54, 1.807) is 6.92 Å². The van der Waals surface area contributed by atoms with Crippen LogP contribution in [0.5, 0.6) is 0 Å². The van der Waals surface area contributed by atoms with Crippen LogP contribution in [0.3, 0.4) is 0 Å². The highest BCUT2D eigenvalue weighted by Gasteiger charge is 2.37. The Morgan fingerprint density at radius 3 is 2.77 bits per heavy atom. The van der Waals surface area contributed by atoms with Crippen LogP contribution in [0.15, 0.2) is 11.8 Å². The summed E-state index contributed by atoms with van der Waals surface area (Å²) in [6.07, 6.45) is -1.61. The van der Waals surface area contributed by atoms with Crippen molar-refractivity contribution in [3.8, 4) is 0 Å². The van der Waals surface area contributed by atoms with E-state index >= 15 is 0 Å². The van der Waals surface area contributed by atoms with Gasteiger partial charge >= 0.3 is 0 Å². The zero-order chi connectivity index (χ0) is 10.0. The lowest BCUT2D eigenvalue weighted by molar-refractivity contribution is -0.129. The van der Waals surface area contributed by atoms with Crippen LogP contribution in [-0.4, -0.2) is 40.2 Å². The molecular formula is C8H11ClO4. The Balaban J connectivity index is 2.84. The summed E-state index contributed by atoms with van der Waals surface area (Å²) in [6.45, 7) is 2.11. The topological polar surface area (TPSA) is 66.8 Å². The molecule has 0 aliphatic heterocycles. The van der Waals surface area contributed by atoms with Crippen molar-refractivity contribution in [2.45, 2.75) is 24.5 Å². The molecule has 5 heteroatoms. The van der Waals surface area contributed by atoms with Gasteiger partial charge in [0.1, 0.15) is 23.3 Å². The van der Waals surface area contributed by atoms with E-state index < -0.39 is 23.4 Å². The number of carbonyl (C=O) groups excluding carboxylic acids is 1. The zero-order valence-corrected chi connectivity index (χ0v) is 7.86. The van der Waals surface area contributed by atoms with Gasteiger partial charge in [-0.3, -0.25) is 4.79 Å². The van der Waals surface area contributed by atoms with E-state index in [4.69, 9.17) is 21.4 Å². The molecular weight excluding hydrogens is 196 g/mol. The maximum Gasteiger partial charge on any atom is 0.190 e. The monoisotopic (exact) mass is 206 g/mol. The van der Waals surface area contributed by atoms with Gasteiger partial charge in [0.25, 0.3) is 0 Å². The largest absolute Gasteiger partial charge is 0.496 e. The van der Waals surface area contributed by atoms with Crippen molar-refractivity contribution < 1.29 is 19.7 Å². The maximum absolute atomic E-state index is 11.0. The number of ketones is 1. The lowest BCUT2D eigenvalue weighted by Gasteiger charge is -2.26. The molecule has 0 aromatic carbocycles. The summed E-state index contributed by atoms with van der Waals surface area (Å²) in [5.74, 6) is -0.361. The number of alkyl halides is 1. The Bertz CT molecular complexity index is 238. The lowest BCUT2D eigenvalue weighted by atomic mass is 9.98. The quantitative estimate of drug-likeness (QED) is 0.615. The van der Waals surface area contributed by atoms with E-state index in [1.807, 2.05) is 0 Å². The summed E-state index contributed by atoms with van der Waals surface area (Å²) in [4.78, 5) is 11.0. The van der Waals surface area contributed by atoms with Crippen LogP contribution in [0.1, 0.15) is 6.92 Å². The van der Waals surface area contributed by atoms with Crippen molar-refractivity contribution >= 4 is 17.4 Å². The summed E-state index contributed by atoms with van der Waals surface area (Å²) in [5, 5.41) is 17.6. The fourth-order valence-electron chi connectivity index (χ4n) is 1.09. The predicted octanol–water partition coefficient (Wildman–Crippen LogP) is -0.181.